The van der Waals surface area contributed by atoms with E-state index in [-0.39, 0.29) is 13.2 Å². The number of aliphatic hydroxyl groups is 9. The number of hydrogen-bond acceptors (Lipinski definition) is 20. The molecule has 0 aliphatic carbocycles. The summed E-state index contributed by atoms with van der Waals surface area (Å²) in [5.74, 6) is 5.29. The molecule has 3 saturated heterocycles. The van der Waals surface area contributed by atoms with Crippen LogP contribution >= 0.6 is 0 Å². The minimum Gasteiger partial charge on any atom is -0.394 e. The van der Waals surface area contributed by atoms with Crippen LogP contribution in [-0.4, -0.2) is 203 Å². The minimum atomic E-state index is -5.23. The largest absolute Gasteiger partial charge is 0.397 e. The van der Waals surface area contributed by atoms with Crippen LogP contribution in [0.1, 0.15) is 198 Å². The normalized spacial score (nSPS) is 31.7. The van der Waals surface area contributed by atoms with Gasteiger partial charge in [0.25, 0.3) is 0 Å². The number of ether oxygens (including phenoxy) is 8. The van der Waals surface area contributed by atoms with Crippen LogP contribution in [0, 0.1) is 47.3 Å². The van der Waals surface area contributed by atoms with Crippen LogP contribution in [0.15, 0.2) is 0 Å². The molecule has 0 spiro atoms. The average Bonchev–Trinajstić information content (AvgIpc) is 3.63. The van der Waals surface area contributed by atoms with Crippen LogP contribution in [-0.2, 0) is 52.5 Å². The van der Waals surface area contributed by atoms with Gasteiger partial charge in [0, 0.05) is 13.2 Å². The van der Waals surface area contributed by atoms with E-state index in [2.05, 4.69) is 73.4 Å². The van der Waals surface area contributed by atoms with Gasteiger partial charge in [-0.25, -0.2) is 4.18 Å². The SMILES string of the molecule is CC(C)CCC[C@@H](C)CCC[C@@H](C)CCC[C@@H](C)CCOC[C@@H](CO[C@H]1O[C@H](CO)[C@@H](O)[C@H](O)[C@H]1O[C@H]1O[C@H](CO[C@@H]2O[C@H](CO)[C@H](O)[C@H](OS(=O)(=O)O)[C@H]2O)[C@@H](O)[C@H](O)[C@@H]1O)OCC[C@H](C)CCC[C@H](C)CCC[C@H](C)CCCC(C)C. The van der Waals surface area contributed by atoms with Crippen LogP contribution in [0.5, 0.6) is 0 Å². The summed E-state index contributed by atoms with van der Waals surface area (Å²) in [6, 6.07) is 0. The number of aliphatic hydroxyl groups excluding tert-OH is 9. The molecule has 21 nitrogen and oxygen atoms in total. The maximum atomic E-state index is 11.5. The molecule has 0 aromatic heterocycles. The Morgan fingerprint density at radius 1 is 0.410 bits per heavy atom. The molecular weight excluding hydrogens is 1100 g/mol. The first kappa shape index (κ1) is 76.4. The Labute approximate surface area is 499 Å². The van der Waals surface area contributed by atoms with Gasteiger partial charge in [-0.05, 0) is 60.2 Å². The predicted molar refractivity (Wildman–Crippen MR) is 313 cm³/mol. The summed E-state index contributed by atoms with van der Waals surface area (Å²) in [5.41, 5.74) is 0. The molecule has 0 unspecified atom stereocenters. The first-order valence-corrected chi connectivity index (χ1v) is 33.3. The molecule has 3 fully saturated rings. The molecule has 22 heteroatoms. The molecule has 22 atom stereocenters. The first-order valence-electron chi connectivity index (χ1n) is 31.9. The quantitative estimate of drug-likeness (QED) is 0.0226. The molecule has 0 aromatic carbocycles. The van der Waals surface area contributed by atoms with Crippen LogP contribution in [0.25, 0.3) is 0 Å². The Kier molecular flexibility index (Phi) is 37.5. The van der Waals surface area contributed by atoms with E-state index in [0.717, 1.165) is 62.2 Å². The van der Waals surface area contributed by atoms with Gasteiger partial charge in [-0.15, -0.1) is 0 Å². The summed E-state index contributed by atoms with van der Waals surface area (Å²) >= 11 is 0. The molecule has 0 saturated carbocycles. The lowest BCUT2D eigenvalue weighted by Gasteiger charge is -2.46. The average molecular weight is 1220 g/mol. The molecule has 0 amide bonds. The second kappa shape index (κ2) is 40.7. The van der Waals surface area contributed by atoms with Crippen molar-refractivity contribution in [2.75, 3.05) is 46.2 Å². The Morgan fingerprint density at radius 2 is 0.819 bits per heavy atom. The molecule has 0 bridgehead atoms. The summed E-state index contributed by atoms with van der Waals surface area (Å²) in [6.45, 7) is 21.6. The fraction of sp³-hybridized carbons (Fsp3) is 1.00. The van der Waals surface area contributed by atoms with E-state index >= 15 is 0 Å². The van der Waals surface area contributed by atoms with Crippen molar-refractivity contribution in [2.24, 2.45) is 47.3 Å². The summed E-state index contributed by atoms with van der Waals surface area (Å²) in [7, 11) is -5.23. The van der Waals surface area contributed by atoms with Crippen LogP contribution in [0.2, 0.25) is 0 Å². The van der Waals surface area contributed by atoms with E-state index in [4.69, 9.17) is 37.9 Å². The monoisotopic (exact) mass is 1220 g/mol. The number of rotatable bonds is 45. The lowest BCUT2D eigenvalue weighted by Crippen LogP contribution is -2.65. The summed E-state index contributed by atoms with van der Waals surface area (Å²) in [6.07, 6.45) is -3.64. The predicted octanol–water partition coefficient (Wildman–Crippen LogP) is 6.61. The van der Waals surface area contributed by atoms with Crippen molar-refractivity contribution in [3.05, 3.63) is 0 Å². The van der Waals surface area contributed by atoms with Gasteiger partial charge in [-0.1, -0.05) is 185 Å². The zero-order valence-electron chi connectivity index (χ0n) is 52.3. The maximum absolute atomic E-state index is 11.5. The van der Waals surface area contributed by atoms with Gasteiger partial charge in [-0.2, -0.15) is 8.42 Å². The van der Waals surface area contributed by atoms with Crippen molar-refractivity contribution in [3.63, 3.8) is 0 Å². The van der Waals surface area contributed by atoms with Crippen molar-refractivity contribution in [1.29, 1.82) is 0 Å². The van der Waals surface area contributed by atoms with Crippen LogP contribution < -0.4 is 0 Å². The van der Waals surface area contributed by atoms with Crippen molar-refractivity contribution in [2.45, 2.75) is 296 Å². The highest BCUT2D eigenvalue weighted by atomic mass is 32.3. The van der Waals surface area contributed by atoms with Gasteiger partial charge in [-0.3, -0.25) is 4.55 Å². The van der Waals surface area contributed by atoms with Gasteiger partial charge >= 0.3 is 10.4 Å². The molecule has 10 N–H and O–H groups in total. The Bertz CT molecular complexity index is 1750. The van der Waals surface area contributed by atoms with E-state index < -0.39 is 128 Å². The van der Waals surface area contributed by atoms with E-state index in [1.165, 1.54) is 89.9 Å². The Hall–Kier alpha value is -0.810. The number of hydrogen-bond donors (Lipinski definition) is 10. The van der Waals surface area contributed by atoms with Gasteiger partial charge in [0.05, 0.1) is 33.0 Å². The van der Waals surface area contributed by atoms with Crippen molar-refractivity contribution < 1.29 is 101 Å². The molecule has 83 heavy (non-hydrogen) atoms. The molecule has 0 aromatic rings. The highest BCUT2D eigenvalue weighted by Gasteiger charge is 2.53. The Balaban J connectivity index is 1.64. The highest BCUT2D eigenvalue weighted by molar-refractivity contribution is 7.80. The van der Waals surface area contributed by atoms with E-state index in [0.29, 0.717) is 36.9 Å². The highest BCUT2D eigenvalue weighted by Crippen LogP contribution is 2.33. The summed E-state index contributed by atoms with van der Waals surface area (Å²) in [4.78, 5) is 0. The van der Waals surface area contributed by atoms with Gasteiger partial charge < -0.3 is 83.9 Å². The first-order chi connectivity index (χ1) is 39.2. The van der Waals surface area contributed by atoms with Crippen molar-refractivity contribution in [3.8, 4) is 0 Å². The fourth-order valence-electron chi connectivity index (χ4n) is 11.4. The molecule has 0 radical (unpaired) electrons. The molecule has 3 aliphatic rings. The van der Waals surface area contributed by atoms with Gasteiger partial charge in [0.15, 0.2) is 18.9 Å². The standard InChI is InChI=1S/C61H118O21S/c1-38(2)17-11-19-40(5)21-13-23-42(7)25-15-27-44(9)29-31-74-35-46(75-32-30-45(10)28-16-26-43(8)24-14-22-41(6)20-12-18-39(3)4)36-76-61-58(54(68)50(64)47(33-62)79-61)81-60-55(69)53(67)51(65)49(80-60)37-77-59-56(70)57(82-83(71,72)73)52(66)48(34-63)78-59/h38-70H,11-37H2,1-10H3,(H,71,72,73)/t40-,41-,42-,43-,44-,45-,46+,47-,48-,49-,50-,51-,52+,53+,54+,55+,56-,57+,58-,59-,60-,61+/m1/s1. The third-order valence-corrected chi connectivity index (χ3v) is 17.7. The topological polar surface area (TPSA) is 320 Å². The molecule has 494 valence electrons. The van der Waals surface area contributed by atoms with Gasteiger partial charge in [0.2, 0.25) is 0 Å². The molecule has 3 rings (SSSR count). The lowest BCUT2D eigenvalue weighted by atomic mass is 9.91. The molecular formula is C61H118O21S. The summed E-state index contributed by atoms with van der Waals surface area (Å²) < 4.78 is 84.3. The minimum absolute atomic E-state index is 0.153. The van der Waals surface area contributed by atoms with Crippen LogP contribution in [0.4, 0.5) is 0 Å². The van der Waals surface area contributed by atoms with Gasteiger partial charge in [0.1, 0.15) is 79.4 Å². The second-order valence-corrected chi connectivity index (χ2v) is 27.4. The van der Waals surface area contributed by atoms with Crippen molar-refractivity contribution in [1.82, 2.24) is 0 Å². The zero-order chi connectivity index (χ0) is 61.8. The zero-order valence-corrected chi connectivity index (χ0v) is 53.1. The third-order valence-electron chi connectivity index (χ3n) is 17.3. The smallest absolute Gasteiger partial charge is 0.394 e. The van der Waals surface area contributed by atoms with Crippen molar-refractivity contribution >= 4 is 10.4 Å². The maximum Gasteiger partial charge on any atom is 0.397 e. The van der Waals surface area contributed by atoms with E-state index in [9.17, 15) is 58.9 Å². The second-order valence-electron chi connectivity index (χ2n) is 26.3. The van der Waals surface area contributed by atoms with E-state index in [1.54, 1.807) is 0 Å². The third kappa shape index (κ3) is 29.6. The fourth-order valence-corrected chi connectivity index (χ4v) is 12.0. The van der Waals surface area contributed by atoms with E-state index in [1.807, 2.05) is 0 Å². The lowest BCUT2D eigenvalue weighted by molar-refractivity contribution is -0.373. The van der Waals surface area contributed by atoms with Crippen LogP contribution in [0.3, 0.4) is 0 Å². The molecule has 3 aliphatic heterocycles. The molecule has 3 heterocycles. The summed E-state index contributed by atoms with van der Waals surface area (Å²) in [5, 5.41) is 96.6. The Morgan fingerprint density at radius 3 is 1.28 bits per heavy atom.